The Bertz CT molecular complexity index is 2080. The van der Waals surface area contributed by atoms with Crippen LogP contribution in [0.15, 0.2) is 36.1 Å². The highest BCUT2D eigenvalue weighted by Crippen LogP contribution is 2.70. The van der Waals surface area contributed by atoms with Crippen molar-refractivity contribution < 1.29 is 48.7 Å². The number of carbonyl (C=O) groups excluding carboxylic acids is 3. The van der Waals surface area contributed by atoms with Crippen LogP contribution in [0.25, 0.3) is 0 Å². The number of esters is 2. The smallest absolute Gasteiger partial charge is 0.311 e. The number of fused-ring (bicyclic) bond motifs is 3. The largest absolute Gasteiger partial charge is 0.504 e. The van der Waals surface area contributed by atoms with Gasteiger partial charge < -0.3 is 39.2 Å². The second-order valence-corrected chi connectivity index (χ2v) is 18.1. The number of rotatable bonds is 10. The van der Waals surface area contributed by atoms with Crippen LogP contribution < -0.4 is 14.2 Å². The van der Waals surface area contributed by atoms with Gasteiger partial charge in [0.1, 0.15) is 5.76 Å². The van der Waals surface area contributed by atoms with Gasteiger partial charge in [-0.1, -0.05) is 12.1 Å². The van der Waals surface area contributed by atoms with Gasteiger partial charge in [-0.15, -0.1) is 0 Å². The van der Waals surface area contributed by atoms with Gasteiger partial charge in [-0.2, -0.15) is 0 Å². The SMILES string of the molecule is COc1ccc2c(c1O)[C@]13CCN(C)[C@H](C2)[C@]1(O)CC=C(OC(=O)CCCCC(=O)Oc1ccc2c4c1O[C@H]1C(=O)CC[C@@]5(O)C(C)N(CC6CC6)C2C[C@]415)C3. The van der Waals surface area contributed by atoms with E-state index in [4.69, 9.17) is 18.9 Å². The highest BCUT2D eigenvalue weighted by Gasteiger charge is 2.75. The molecule has 298 valence electrons. The summed E-state index contributed by atoms with van der Waals surface area (Å²) < 4.78 is 23.7. The first-order valence-electron chi connectivity index (χ1n) is 20.6. The van der Waals surface area contributed by atoms with E-state index in [-0.39, 0.29) is 67.5 Å². The minimum atomic E-state index is -1.15. The molecule has 12 heteroatoms. The normalized spacial score (nSPS) is 36.2. The molecule has 0 amide bonds. The van der Waals surface area contributed by atoms with Gasteiger partial charge in [-0.25, -0.2) is 0 Å². The summed E-state index contributed by atoms with van der Waals surface area (Å²) in [5.74, 6) is 1.29. The monoisotopic (exact) mass is 768 g/mol. The Morgan fingerprint density at radius 2 is 1.73 bits per heavy atom. The van der Waals surface area contributed by atoms with Crippen molar-refractivity contribution in [3.05, 3.63) is 58.4 Å². The number of benzene rings is 2. The van der Waals surface area contributed by atoms with E-state index >= 15 is 0 Å². The van der Waals surface area contributed by atoms with E-state index in [2.05, 4.69) is 16.7 Å². The number of hydrogen-bond donors (Lipinski definition) is 3. The van der Waals surface area contributed by atoms with Crippen molar-refractivity contribution in [3.8, 4) is 23.0 Å². The Balaban J connectivity index is 0.798. The van der Waals surface area contributed by atoms with Crippen LogP contribution in [-0.4, -0.2) is 99.5 Å². The van der Waals surface area contributed by atoms with Gasteiger partial charge in [-0.05, 0) is 107 Å². The molecule has 2 saturated heterocycles. The fourth-order valence-corrected chi connectivity index (χ4v) is 12.5. The molecule has 12 nitrogen and oxygen atoms in total. The summed E-state index contributed by atoms with van der Waals surface area (Å²) in [5, 5.41) is 36.2. The fourth-order valence-electron chi connectivity index (χ4n) is 12.5. The predicted octanol–water partition coefficient (Wildman–Crippen LogP) is 4.67. The van der Waals surface area contributed by atoms with Crippen LogP contribution in [0.5, 0.6) is 23.0 Å². The van der Waals surface area contributed by atoms with Crippen LogP contribution in [0.3, 0.4) is 0 Å². The number of aliphatic hydroxyl groups is 2. The highest BCUT2D eigenvalue weighted by molar-refractivity contribution is 5.90. The van der Waals surface area contributed by atoms with Crippen molar-refractivity contribution in [2.75, 3.05) is 27.2 Å². The number of aromatic hydroxyl groups is 1. The van der Waals surface area contributed by atoms with Gasteiger partial charge in [0.05, 0.1) is 23.7 Å². The molecule has 0 aromatic heterocycles. The number of likely N-dealkylation sites (N-methyl/N-ethyl adjacent to an activating group) is 1. The molecule has 2 saturated carbocycles. The zero-order chi connectivity index (χ0) is 38.9. The van der Waals surface area contributed by atoms with Crippen molar-refractivity contribution in [3.63, 3.8) is 0 Å². The molecule has 2 aromatic rings. The number of Topliss-reactive ketones (excluding diaryl/α,β-unsaturated/α-hetero) is 1. The summed E-state index contributed by atoms with van der Waals surface area (Å²) in [6.07, 6.45) is 7.38. The average molecular weight is 769 g/mol. The first-order chi connectivity index (χ1) is 26.8. The number of hydrogen-bond acceptors (Lipinski definition) is 12. The minimum Gasteiger partial charge on any atom is -0.504 e. The van der Waals surface area contributed by atoms with Crippen LogP contribution in [-0.2, 0) is 36.4 Å². The summed E-state index contributed by atoms with van der Waals surface area (Å²) in [5.41, 5.74) is -0.426. The maximum Gasteiger partial charge on any atom is 0.311 e. The molecule has 5 aliphatic carbocycles. The van der Waals surface area contributed by atoms with E-state index in [1.165, 1.54) is 20.0 Å². The first kappa shape index (κ1) is 36.4. The number of ketones is 1. The third kappa shape index (κ3) is 4.82. The number of nitrogens with zero attached hydrogens (tertiary/aromatic N) is 2. The zero-order valence-electron chi connectivity index (χ0n) is 32.5. The maximum absolute atomic E-state index is 13.4. The second-order valence-electron chi connectivity index (χ2n) is 18.1. The van der Waals surface area contributed by atoms with Gasteiger partial charge >= 0.3 is 11.9 Å². The summed E-state index contributed by atoms with van der Waals surface area (Å²) in [6, 6.07) is 7.27. The number of phenols is 1. The number of phenolic OH excluding ortho intramolecular Hbond substituents is 1. The lowest BCUT2D eigenvalue weighted by Crippen LogP contribution is -2.72. The van der Waals surface area contributed by atoms with E-state index < -0.39 is 40.1 Å². The quantitative estimate of drug-likeness (QED) is 0.175. The van der Waals surface area contributed by atoms with Gasteiger partial charge in [0, 0.05) is 73.3 Å². The van der Waals surface area contributed by atoms with Crippen molar-refractivity contribution in [2.45, 2.75) is 137 Å². The maximum atomic E-state index is 13.4. The Hall–Kier alpha value is -3.97. The topological polar surface area (TPSA) is 155 Å². The molecule has 1 spiro atoms. The third-order valence-corrected chi connectivity index (χ3v) is 15.5. The molecular formula is C44H52N2O10. The van der Waals surface area contributed by atoms with Crippen molar-refractivity contribution in [1.82, 2.24) is 9.80 Å². The predicted molar refractivity (Wildman–Crippen MR) is 202 cm³/mol. The van der Waals surface area contributed by atoms with Crippen LogP contribution >= 0.6 is 0 Å². The molecule has 10 rings (SSSR count). The summed E-state index contributed by atoms with van der Waals surface area (Å²) >= 11 is 0. The Kier molecular flexibility index (Phi) is 8.13. The third-order valence-electron chi connectivity index (χ3n) is 15.5. The molecule has 2 unspecified atom stereocenters. The molecule has 2 aromatic carbocycles. The van der Waals surface area contributed by atoms with Crippen molar-refractivity contribution >= 4 is 17.7 Å². The molecule has 8 atom stereocenters. The molecule has 56 heavy (non-hydrogen) atoms. The van der Waals surface area contributed by atoms with Crippen molar-refractivity contribution in [1.29, 1.82) is 0 Å². The lowest BCUT2D eigenvalue weighted by atomic mass is 9.50. The van der Waals surface area contributed by atoms with E-state index in [0.29, 0.717) is 67.3 Å². The number of methoxy groups -OCH3 is 1. The Labute approximate surface area is 326 Å². The fraction of sp³-hybridized carbons (Fsp3) is 0.614. The van der Waals surface area contributed by atoms with Crippen LogP contribution in [0.2, 0.25) is 0 Å². The van der Waals surface area contributed by atoms with Gasteiger partial charge in [0.25, 0.3) is 0 Å². The Morgan fingerprint density at radius 3 is 2.48 bits per heavy atom. The molecule has 3 N–H and O–H groups in total. The van der Waals surface area contributed by atoms with Crippen molar-refractivity contribution in [2.24, 2.45) is 5.92 Å². The van der Waals surface area contributed by atoms with Gasteiger partial charge in [0.2, 0.25) is 0 Å². The van der Waals surface area contributed by atoms with Gasteiger partial charge in [0.15, 0.2) is 34.9 Å². The molecule has 4 fully saturated rings. The van der Waals surface area contributed by atoms with Crippen LogP contribution in [0, 0.1) is 5.92 Å². The highest BCUT2D eigenvalue weighted by atomic mass is 16.6. The molecule has 8 aliphatic rings. The number of likely N-dealkylation sites (tertiary alicyclic amines) is 2. The zero-order valence-corrected chi connectivity index (χ0v) is 32.5. The summed E-state index contributed by atoms with van der Waals surface area (Å²) in [4.78, 5) is 44.5. The minimum absolute atomic E-state index is 0.0127. The second kappa shape index (κ2) is 12.5. The number of allylic oxidation sites excluding steroid dienone is 1. The van der Waals surface area contributed by atoms with E-state index in [1.807, 2.05) is 25.3 Å². The van der Waals surface area contributed by atoms with Crippen LogP contribution in [0.4, 0.5) is 0 Å². The summed E-state index contributed by atoms with van der Waals surface area (Å²) in [7, 11) is 3.53. The standard InChI is InChI=1S/C44H52N2O10/c1-24-43(51)17-15-30(47)40-42(43)22-29(46(24)23-25-8-9-25)28-11-13-32(39(56-40)37(28)42)55-35(49)7-5-4-6-34(48)54-27-14-16-44(52)33-20-26-10-12-31(53-3)38(50)36(26)41(44,21-27)18-19-45(33)2/h10-14,24-25,29,33,40,50-52H,4-9,15-23H2,1-3H3/t24?,29?,33-,40+,41-,42+,43-,44-/m1/s1. The summed E-state index contributed by atoms with van der Waals surface area (Å²) in [6.45, 7) is 3.75. The lowest BCUT2D eigenvalue weighted by Gasteiger charge is -2.62. The molecular weight excluding hydrogens is 716 g/mol. The van der Waals surface area contributed by atoms with E-state index in [1.54, 1.807) is 12.1 Å². The Morgan fingerprint density at radius 1 is 0.982 bits per heavy atom. The molecule has 3 heterocycles. The van der Waals surface area contributed by atoms with E-state index in [9.17, 15) is 29.7 Å². The average Bonchev–Trinajstić information content (AvgIpc) is 3.84. The molecule has 0 radical (unpaired) electrons. The lowest BCUT2D eigenvalue weighted by molar-refractivity contribution is -0.186. The van der Waals surface area contributed by atoms with Gasteiger partial charge in [-0.3, -0.25) is 19.3 Å². The number of unbranched alkanes of at least 4 members (excludes halogenated alkanes) is 1. The van der Waals surface area contributed by atoms with Crippen LogP contribution in [0.1, 0.15) is 112 Å². The number of ether oxygens (including phenoxy) is 4. The number of piperidine rings is 2. The first-order valence-corrected chi connectivity index (χ1v) is 20.6. The van der Waals surface area contributed by atoms with E-state index in [0.717, 1.165) is 29.8 Å². The molecule has 4 bridgehead atoms. The number of carbonyl (C=O) groups is 3. The molecule has 3 aliphatic heterocycles.